The molecule has 0 bridgehead atoms. The summed E-state index contributed by atoms with van der Waals surface area (Å²) in [5.74, 6) is -0.0379. The van der Waals surface area contributed by atoms with Crippen LogP contribution in [0.3, 0.4) is 0 Å². The Kier molecular flexibility index (Phi) is 17.0. The summed E-state index contributed by atoms with van der Waals surface area (Å²) in [6, 6.07) is 7.85. The fraction of sp³-hybridized carbons (Fsp3) is 0.483. The number of allylic oxidation sites excluding steroid dienone is 5. The SMILES string of the molecule is C=C(/C=C(\C)NCCCN(C)C(=O)C1CCC(=O)N1)c1ccccc1C.CC.CN=CC(S)=C(C)C. The molecule has 1 aromatic rings. The molecule has 36 heavy (non-hydrogen) atoms. The molecule has 0 spiro atoms. The molecule has 2 amide bonds. The zero-order valence-electron chi connectivity index (χ0n) is 23.4. The van der Waals surface area contributed by atoms with E-state index in [0.717, 1.165) is 34.7 Å². The normalized spacial score (nSPS) is 14.6. The summed E-state index contributed by atoms with van der Waals surface area (Å²) in [6.45, 7) is 17.7. The lowest BCUT2D eigenvalue weighted by atomic mass is 10.0. The number of aryl methyl sites for hydroxylation is 1. The maximum absolute atomic E-state index is 12.2. The van der Waals surface area contributed by atoms with E-state index in [0.29, 0.717) is 19.4 Å². The van der Waals surface area contributed by atoms with Crippen molar-refractivity contribution in [1.82, 2.24) is 15.5 Å². The van der Waals surface area contributed by atoms with Gasteiger partial charge in [0, 0.05) is 50.4 Å². The van der Waals surface area contributed by atoms with Crippen molar-refractivity contribution in [2.75, 3.05) is 27.2 Å². The Labute approximate surface area is 224 Å². The molecule has 1 aliphatic heterocycles. The van der Waals surface area contributed by atoms with Crippen molar-refractivity contribution in [2.45, 2.75) is 66.8 Å². The highest BCUT2D eigenvalue weighted by Crippen LogP contribution is 2.18. The summed E-state index contributed by atoms with van der Waals surface area (Å²) in [5.41, 5.74) is 5.59. The molecule has 1 aliphatic rings. The van der Waals surface area contributed by atoms with Crippen LogP contribution in [-0.2, 0) is 9.59 Å². The van der Waals surface area contributed by atoms with Crippen molar-refractivity contribution in [3.63, 3.8) is 0 Å². The number of carbonyl (C=O) groups excluding carboxylic acids is 2. The zero-order valence-corrected chi connectivity index (χ0v) is 24.3. The molecule has 0 aliphatic carbocycles. The maximum Gasteiger partial charge on any atom is 0.244 e. The number of amides is 2. The average molecular weight is 515 g/mol. The third-order valence-corrected chi connectivity index (χ3v) is 5.95. The lowest BCUT2D eigenvalue weighted by Crippen LogP contribution is -2.43. The van der Waals surface area contributed by atoms with Gasteiger partial charge in [0.15, 0.2) is 0 Å². The van der Waals surface area contributed by atoms with Crippen LogP contribution >= 0.6 is 12.6 Å². The lowest BCUT2D eigenvalue weighted by Gasteiger charge is -2.21. The third-order valence-electron chi connectivity index (χ3n) is 5.39. The van der Waals surface area contributed by atoms with Gasteiger partial charge in [-0.3, -0.25) is 14.6 Å². The third kappa shape index (κ3) is 12.8. The summed E-state index contributed by atoms with van der Waals surface area (Å²) < 4.78 is 0. The van der Waals surface area contributed by atoms with E-state index >= 15 is 0 Å². The molecule has 1 atom stereocenters. The topological polar surface area (TPSA) is 73.8 Å². The zero-order chi connectivity index (χ0) is 27.7. The van der Waals surface area contributed by atoms with E-state index in [2.05, 4.69) is 53.9 Å². The fourth-order valence-corrected chi connectivity index (χ4v) is 3.47. The van der Waals surface area contributed by atoms with Gasteiger partial charge in [-0.15, -0.1) is 12.6 Å². The van der Waals surface area contributed by atoms with Gasteiger partial charge in [-0.1, -0.05) is 50.3 Å². The molecule has 2 rings (SSSR count). The maximum atomic E-state index is 12.2. The highest BCUT2D eigenvalue weighted by molar-refractivity contribution is 7.85. The number of carbonyl (C=O) groups is 2. The van der Waals surface area contributed by atoms with Crippen LogP contribution < -0.4 is 10.6 Å². The first kappa shape index (κ1) is 33.2. The molecule has 0 saturated carbocycles. The molecule has 2 N–H and O–H groups in total. The van der Waals surface area contributed by atoms with E-state index < -0.39 is 0 Å². The highest BCUT2D eigenvalue weighted by Gasteiger charge is 2.28. The molecule has 7 heteroatoms. The lowest BCUT2D eigenvalue weighted by molar-refractivity contribution is -0.133. The summed E-state index contributed by atoms with van der Waals surface area (Å²) in [4.78, 5) is 29.9. The summed E-state index contributed by atoms with van der Waals surface area (Å²) >= 11 is 4.14. The molecule has 1 fully saturated rings. The molecule has 1 unspecified atom stereocenters. The van der Waals surface area contributed by atoms with Crippen LogP contribution in [0.15, 0.2) is 58.1 Å². The number of nitrogens with one attached hydrogen (secondary N) is 2. The summed E-state index contributed by atoms with van der Waals surface area (Å²) in [5, 5.41) is 6.09. The van der Waals surface area contributed by atoms with Gasteiger partial charge in [0.2, 0.25) is 11.8 Å². The molecule has 200 valence electrons. The van der Waals surface area contributed by atoms with Crippen LogP contribution in [0.2, 0.25) is 0 Å². The predicted octanol–water partition coefficient (Wildman–Crippen LogP) is 5.57. The molecular weight excluding hydrogens is 468 g/mol. The number of likely N-dealkylation sites (N-methyl/N-ethyl adjacent to an activating group) is 1. The Morgan fingerprint density at radius 2 is 1.92 bits per heavy atom. The molecule has 1 saturated heterocycles. The van der Waals surface area contributed by atoms with Crippen molar-refractivity contribution >= 4 is 36.2 Å². The smallest absolute Gasteiger partial charge is 0.244 e. The predicted molar refractivity (Wildman–Crippen MR) is 159 cm³/mol. The van der Waals surface area contributed by atoms with Crippen LogP contribution in [-0.4, -0.2) is 56.2 Å². The van der Waals surface area contributed by atoms with Gasteiger partial charge in [-0.05, 0) is 63.3 Å². The number of benzene rings is 1. The van der Waals surface area contributed by atoms with Crippen LogP contribution in [0.5, 0.6) is 0 Å². The fourth-order valence-electron chi connectivity index (χ4n) is 3.35. The minimum atomic E-state index is -0.348. The Balaban J connectivity index is 0.00000104. The van der Waals surface area contributed by atoms with Crippen LogP contribution in [0.4, 0.5) is 0 Å². The van der Waals surface area contributed by atoms with Crippen molar-refractivity contribution < 1.29 is 9.59 Å². The van der Waals surface area contributed by atoms with Gasteiger partial charge >= 0.3 is 0 Å². The van der Waals surface area contributed by atoms with E-state index in [1.54, 1.807) is 25.2 Å². The van der Waals surface area contributed by atoms with Crippen LogP contribution in [0, 0.1) is 6.92 Å². The first-order valence-corrected chi connectivity index (χ1v) is 13.0. The first-order valence-electron chi connectivity index (χ1n) is 12.6. The summed E-state index contributed by atoms with van der Waals surface area (Å²) in [7, 11) is 3.52. The highest BCUT2D eigenvalue weighted by atomic mass is 32.1. The molecule has 1 heterocycles. The Hall–Kier alpha value is -2.80. The largest absolute Gasteiger partial charge is 0.388 e. The molecule has 0 aromatic heterocycles. The Bertz CT molecular complexity index is 946. The van der Waals surface area contributed by atoms with Gasteiger partial charge < -0.3 is 15.5 Å². The van der Waals surface area contributed by atoms with Crippen LogP contribution in [0.25, 0.3) is 5.57 Å². The molecule has 6 nitrogen and oxygen atoms in total. The van der Waals surface area contributed by atoms with Gasteiger partial charge in [0.05, 0.1) is 0 Å². The average Bonchev–Trinajstić information content (AvgIpc) is 3.29. The first-order chi connectivity index (χ1) is 17.1. The standard InChI is InChI=1S/C21H29N3O2.C6H11NS.C2H6/c1-15-8-5-6-9-18(15)16(2)14-17(3)22-12-7-13-24(4)21(26)19-10-11-20(25)23-19;1-5(2)6(8)4-7-3;1-2/h5-6,8-9,14,19,22H,2,7,10-13H2,1,3-4H3,(H,23,25);4,8H,1-3H3;1-2H3/b17-14+;;. The van der Waals surface area contributed by atoms with Crippen molar-refractivity contribution in [2.24, 2.45) is 4.99 Å². The summed E-state index contributed by atoms with van der Waals surface area (Å²) in [6.07, 6.45) is 5.66. The quantitative estimate of drug-likeness (QED) is 0.175. The monoisotopic (exact) mass is 514 g/mol. The minimum absolute atomic E-state index is 0.00366. The van der Waals surface area contributed by atoms with Gasteiger partial charge in [0.25, 0.3) is 0 Å². The minimum Gasteiger partial charge on any atom is -0.388 e. The van der Waals surface area contributed by atoms with Gasteiger partial charge in [0.1, 0.15) is 6.04 Å². The Morgan fingerprint density at radius 3 is 2.42 bits per heavy atom. The van der Waals surface area contributed by atoms with E-state index in [9.17, 15) is 9.59 Å². The molecule has 1 aromatic carbocycles. The number of rotatable bonds is 9. The van der Waals surface area contributed by atoms with E-state index in [4.69, 9.17) is 0 Å². The van der Waals surface area contributed by atoms with E-state index in [1.165, 1.54) is 11.1 Å². The second-order valence-corrected chi connectivity index (χ2v) is 9.12. The number of hydrogen-bond acceptors (Lipinski definition) is 5. The second-order valence-electron chi connectivity index (χ2n) is 8.64. The van der Waals surface area contributed by atoms with E-state index in [1.807, 2.05) is 52.8 Å². The van der Waals surface area contributed by atoms with E-state index in [-0.39, 0.29) is 17.9 Å². The number of aliphatic imine (C=N–C) groups is 1. The van der Waals surface area contributed by atoms with Gasteiger partial charge in [-0.25, -0.2) is 0 Å². The van der Waals surface area contributed by atoms with Crippen LogP contribution in [0.1, 0.15) is 65.0 Å². The van der Waals surface area contributed by atoms with Gasteiger partial charge in [-0.2, -0.15) is 0 Å². The van der Waals surface area contributed by atoms with Crippen molar-refractivity contribution in [3.8, 4) is 0 Å². The van der Waals surface area contributed by atoms with Crippen molar-refractivity contribution in [3.05, 3.63) is 64.2 Å². The number of nitrogens with zero attached hydrogens (tertiary/aromatic N) is 2. The molecule has 0 radical (unpaired) electrons. The van der Waals surface area contributed by atoms with Crippen molar-refractivity contribution in [1.29, 1.82) is 0 Å². The number of hydrogen-bond donors (Lipinski definition) is 3. The number of thiol groups is 1. The Morgan fingerprint density at radius 1 is 1.28 bits per heavy atom. The molecular formula is C29H46N4O2S. The second kappa shape index (κ2) is 18.5.